The molecule has 0 saturated heterocycles. The Balaban J connectivity index is 1.12. The molecule has 1 nitrogen and oxygen atoms in total. The first kappa shape index (κ1) is 37.9. The van der Waals surface area contributed by atoms with E-state index in [0.29, 0.717) is 11.8 Å². The van der Waals surface area contributed by atoms with E-state index >= 15 is 0 Å². The molecule has 5 unspecified atom stereocenters. The van der Waals surface area contributed by atoms with Crippen molar-refractivity contribution >= 4 is 58.6 Å². The zero-order chi connectivity index (χ0) is 41.4. The standard InChI is InChI=1S/C59H51NS2/c1-40-36-42-38-41(2)59(43(37-40)39-42)51-26-14-12-24-49(51)57-52(59)27-16-28-53(57)60(54-29-17-31-56-58(54)50-25-13-15-30-55(50)61-56)44-32-34-48(35-33-44)62(45-18-6-3-7-19-45,46-20-8-4-9-21-46)47-22-10-5-11-23-47/h3-35,40-43H,36-39H2,1-2H3. The van der Waals surface area contributed by atoms with Gasteiger partial charge in [-0.1, -0.05) is 129 Å². The van der Waals surface area contributed by atoms with Crippen molar-refractivity contribution in [3.63, 3.8) is 0 Å². The maximum Gasteiger partial charge on any atom is 0.0555 e. The summed E-state index contributed by atoms with van der Waals surface area (Å²) in [6.07, 6.45) is 5.33. The van der Waals surface area contributed by atoms with E-state index in [9.17, 15) is 0 Å². The quantitative estimate of drug-likeness (QED) is 0.155. The number of hydrogen-bond acceptors (Lipinski definition) is 2. The molecule has 2 fully saturated rings. The maximum atomic E-state index is 2.63. The van der Waals surface area contributed by atoms with Gasteiger partial charge in [0, 0.05) is 56.4 Å². The topological polar surface area (TPSA) is 3.24 Å². The SMILES string of the molecule is CC1CC2CC(C)C3(c4ccccc4-c4c(N(c5ccc(S(c6ccccc6)(c6ccccc6)c6ccccc6)cc5)c5cccc6sc7ccccc7c56)cccc43)C(C1)C2. The summed E-state index contributed by atoms with van der Waals surface area (Å²) >= 11 is 1.90. The molecular weight excluding hydrogens is 787 g/mol. The molecule has 12 rings (SSSR count). The van der Waals surface area contributed by atoms with Gasteiger partial charge in [-0.05, 0) is 151 Å². The lowest BCUT2D eigenvalue weighted by Gasteiger charge is -2.54. The van der Waals surface area contributed by atoms with Crippen LogP contribution in [-0.4, -0.2) is 0 Å². The lowest BCUT2D eigenvalue weighted by Crippen LogP contribution is -2.49. The molecule has 304 valence electrons. The van der Waals surface area contributed by atoms with Gasteiger partial charge in [0.05, 0.1) is 11.4 Å². The van der Waals surface area contributed by atoms with Gasteiger partial charge in [-0.2, -0.15) is 0 Å². The molecule has 0 radical (unpaired) electrons. The highest BCUT2D eigenvalue weighted by Crippen LogP contribution is 2.74. The lowest BCUT2D eigenvalue weighted by atomic mass is 9.49. The van der Waals surface area contributed by atoms with Crippen molar-refractivity contribution in [3.8, 4) is 11.1 Å². The monoisotopic (exact) mass is 837 g/mol. The molecule has 3 aliphatic carbocycles. The summed E-state index contributed by atoms with van der Waals surface area (Å²) in [5, 5.41) is 2.64. The van der Waals surface area contributed by atoms with Gasteiger partial charge >= 0.3 is 0 Å². The maximum absolute atomic E-state index is 2.63. The third kappa shape index (κ3) is 5.54. The Morgan fingerprint density at radius 2 is 1.05 bits per heavy atom. The third-order valence-electron chi connectivity index (χ3n) is 14.9. The molecule has 1 spiro atoms. The van der Waals surface area contributed by atoms with Crippen LogP contribution in [0.5, 0.6) is 0 Å². The third-order valence-corrected chi connectivity index (χ3v) is 19.9. The number of nitrogens with zero attached hydrogens (tertiary/aromatic N) is 1. The van der Waals surface area contributed by atoms with Crippen molar-refractivity contribution in [1.29, 1.82) is 0 Å². The molecule has 5 atom stereocenters. The predicted molar refractivity (Wildman–Crippen MR) is 264 cm³/mol. The molecule has 62 heavy (non-hydrogen) atoms. The first-order valence-corrected chi connectivity index (χ1v) is 25.0. The molecule has 2 bridgehead atoms. The van der Waals surface area contributed by atoms with Crippen molar-refractivity contribution in [3.05, 3.63) is 211 Å². The Kier molecular flexibility index (Phi) is 9.10. The van der Waals surface area contributed by atoms with Crippen LogP contribution in [0.25, 0.3) is 31.3 Å². The van der Waals surface area contributed by atoms with E-state index in [2.05, 4.69) is 219 Å². The van der Waals surface area contributed by atoms with E-state index in [1.54, 1.807) is 11.1 Å². The van der Waals surface area contributed by atoms with Crippen LogP contribution >= 0.6 is 21.4 Å². The largest absolute Gasteiger partial charge is 0.309 e. The van der Waals surface area contributed by atoms with Crippen LogP contribution in [0.3, 0.4) is 0 Å². The summed E-state index contributed by atoms with van der Waals surface area (Å²) in [7, 11) is -1.84. The van der Waals surface area contributed by atoms with E-state index in [1.165, 1.54) is 93.6 Å². The zero-order valence-corrected chi connectivity index (χ0v) is 37.1. The van der Waals surface area contributed by atoms with Crippen molar-refractivity contribution in [2.45, 2.75) is 64.5 Å². The van der Waals surface area contributed by atoms with Crippen LogP contribution in [-0.2, 0) is 5.41 Å². The molecule has 9 aromatic rings. The summed E-state index contributed by atoms with van der Waals surface area (Å²) < 4.78 is 2.64. The van der Waals surface area contributed by atoms with E-state index in [4.69, 9.17) is 0 Å². The minimum atomic E-state index is -1.84. The van der Waals surface area contributed by atoms with Gasteiger partial charge in [0.1, 0.15) is 0 Å². The first-order chi connectivity index (χ1) is 30.6. The second-order valence-electron chi connectivity index (χ2n) is 18.3. The van der Waals surface area contributed by atoms with Gasteiger partial charge in [-0.3, -0.25) is 0 Å². The highest BCUT2D eigenvalue weighted by Gasteiger charge is 2.57. The summed E-state index contributed by atoms with van der Waals surface area (Å²) in [6, 6.07) is 76.2. The summed E-state index contributed by atoms with van der Waals surface area (Å²) in [5.41, 5.74) is 9.64. The van der Waals surface area contributed by atoms with E-state index in [0.717, 1.165) is 11.8 Å². The molecule has 0 amide bonds. The number of hydrogen-bond donors (Lipinski definition) is 0. The summed E-state index contributed by atoms with van der Waals surface area (Å²) in [4.78, 5) is 7.95. The average Bonchev–Trinajstić information content (AvgIpc) is 3.85. The summed E-state index contributed by atoms with van der Waals surface area (Å²) in [5.74, 6) is 2.80. The smallest absolute Gasteiger partial charge is 0.0555 e. The van der Waals surface area contributed by atoms with Gasteiger partial charge in [-0.25, -0.2) is 0 Å². The van der Waals surface area contributed by atoms with Crippen molar-refractivity contribution in [1.82, 2.24) is 0 Å². The fourth-order valence-electron chi connectivity index (χ4n) is 12.8. The highest BCUT2D eigenvalue weighted by molar-refractivity contribution is 8.34. The predicted octanol–water partition coefficient (Wildman–Crippen LogP) is 17.2. The Morgan fingerprint density at radius 1 is 0.484 bits per heavy atom. The van der Waals surface area contributed by atoms with Crippen molar-refractivity contribution in [2.24, 2.45) is 23.7 Å². The van der Waals surface area contributed by atoms with E-state index in [-0.39, 0.29) is 5.41 Å². The minimum absolute atomic E-state index is 0.00768. The molecule has 1 heterocycles. The van der Waals surface area contributed by atoms with Crippen LogP contribution in [0.1, 0.15) is 50.7 Å². The second-order valence-corrected chi connectivity index (χ2v) is 22.4. The Labute approximate surface area is 372 Å². The van der Waals surface area contributed by atoms with Gasteiger partial charge in [0.15, 0.2) is 0 Å². The van der Waals surface area contributed by atoms with Crippen LogP contribution in [0.2, 0.25) is 0 Å². The normalized spacial score (nSPS) is 21.8. The number of anilines is 3. The molecule has 1 aromatic heterocycles. The fourth-order valence-corrected chi connectivity index (χ4v) is 17.8. The van der Waals surface area contributed by atoms with Crippen LogP contribution in [0.15, 0.2) is 220 Å². The van der Waals surface area contributed by atoms with Gasteiger partial charge in [0.25, 0.3) is 0 Å². The highest BCUT2D eigenvalue weighted by atomic mass is 32.3. The second kappa shape index (κ2) is 14.9. The molecule has 0 N–H and O–H groups in total. The Morgan fingerprint density at radius 3 is 1.76 bits per heavy atom. The fraction of sp³-hybridized carbons (Fsp3) is 0.186. The molecule has 3 aliphatic rings. The van der Waals surface area contributed by atoms with Crippen molar-refractivity contribution < 1.29 is 0 Å². The Bertz CT molecular complexity index is 2980. The number of rotatable bonds is 7. The van der Waals surface area contributed by atoms with E-state index in [1.807, 2.05) is 11.3 Å². The average molecular weight is 838 g/mol. The van der Waals surface area contributed by atoms with Gasteiger partial charge < -0.3 is 4.90 Å². The molecular formula is C59H51NS2. The van der Waals surface area contributed by atoms with Crippen LogP contribution < -0.4 is 4.90 Å². The summed E-state index contributed by atoms with van der Waals surface area (Å²) in [6.45, 7) is 5.10. The number of benzene rings is 8. The molecule has 3 heteroatoms. The molecule has 2 saturated carbocycles. The van der Waals surface area contributed by atoms with Gasteiger partial charge in [-0.15, -0.1) is 21.4 Å². The Hall–Kier alpha value is -5.87. The number of fused-ring (bicyclic) bond motifs is 11. The lowest BCUT2D eigenvalue weighted by molar-refractivity contribution is 0.0426. The van der Waals surface area contributed by atoms with Gasteiger partial charge in [0.2, 0.25) is 0 Å². The molecule has 0 aliphatic heterocycles. The number of thiophene rings is 1. The van der Waals surface area contributed by atoms with Crippen LogP contribution in [0.4, 0.5) is 17.1 Å². The van der Waals surface area contributed by atoms with Crippen LogP contribution in [0, 0.1) is 23.7 Å². The first-order valence-electron chi connectivity index (χ1n) is 22.6. The van der Waals surface area contributed by atoms with Crippen molar-refractivity contribution in [2.75, 3.05) is 4.90 Å². The molecule has 8 aromatic carbocycles. The zero-order valence-electron chi connectivity index (χ0n) is 35.5. The van der Waals surface area contributed by atoms with E-state index < -0.39 is 10.0 Å². The minimum Gasteiger partial charge on any atom is -0.309 e.